The zero-order valence-electron chi connectivity index (χ0n) is 14.2. The third-order valence-corrected chi connectivity index (χ3v) is 3.58. The van der Waals surface area contributed by atoms with Gasteiger partial charge in [0.05, 0.1) is 12.2 Å². The standard InChI is InChI=1S/C17H23N5O2/c1-12-4-6-14(7-5-12)16(23)18-8-9-19-17(24)21-13(2)15-10-20-22(3)11-15/h4-7,10-11,13H,8-9H2,1-3H3,(H,18,23)(H2,19,21,24)/t13-/m1/s1. The number of rotatable bonds is 6. The molecule has 0 radical (unpaired) electrons. The van der Waals surface area contributed by atoms with E-state index in [1.54, 1.807) is 23.0 Å². The van der Waals surface area contributed by atoms with Gasteiger partial charge >= 0.3 is 6.03 Å². The number of carbonyl (C=O) groups excluding carboxylic acids is 2. The lowest BCUT2D eigenvalue weighted by Gasteiger charge is -2.13. The number of benzene rings is 1. The topological polar surface area (TPSA) is 88.1 Å². The lowest BCUT2D eigenvalue weighted by atomic mass is 10.1. The Bertz CT molecular complexity index is 693. The number of nitrogens with zero attached hydrogens (tertiary/aromatic N) is 2. The number of aromatic nitrogens is 2. The van der Waals surface area contributed by atoms with Crippen molar-refractivity contribution < 1.29 is 9.59 Å². The first-order valence-corrected chi connectivity index (χ1v) is 7.83. The average Bonchev–Trinajstić information content (AvgIpc) is 2.98. The van der Waals surface area contributed by atoms with Gasteiger partial charge in [-0.1, -0.05) is 17.7 Å². The fourth-order valence-corrected chi connectivity index (χ4v) is 2.15. The molecule has 3 N–H and O–H groups in total. The molecule has 7 nitrogen and oxygen atoms in total. The van der Waals surface area contributed by atoms with E-state index in [1.165, 1.54) is 0 Å². The average molecular weight is 329 g/mol. The predicted molar refractivity (Wildman–Crippen MR) is 91.7 cm³/mol. The monoisotopic (exact) mass is 329 g/mol. The largest absolute Gasteiger partial charge is 0.350 e. The zero-order valence-corrected chi connectivity index (χ0v) is 14.2. The molecule has 1 heterocycles. The molecule has 0 unspecified atom stereocenters. The van der Waals surface area contributed by atoms with Gasteiger partial charge < -0.3 is 16.0 Å². The Kier molecular flexibility index (Phi) is 5.95. The molecule has 0 aliphatic carbocycles. The van der Waals surface area contributed by atoms with Gasteiger partial charge in [0, 0.05) is 37.5 Å². The summed E-state index contributed by atoms with van der Waals surface area (Å²) < 4.78 is 1.69. The molecule has 0 aliphatic heterocycles. The number of hydrogen-bond donors (Lipinski definition) is 3. The fourth-order valence-electron chi connectivity index (χ4n) is 2.15. The van der Waals surface area contributed by atoms with Crippen LogP contribution in [0.2, 0.25) is 0 Å². The van der Waals surface area contributed by atoms with E-state index in [9.17, 15) is 9.59 Å². The summed E-state index contributed by atoms with van der Waals surface area (Å²) >= 11 is 0. The van der Waals surface area contributed by atoms with Crippen LogP contribution in [0.4, 0.5) is 4.79 Å². The molecule has 2 rings (SSSR count). The molecular weight excluding hydrogens is 306 g/mol. The molecule has 0 spiro atoms. The predicted octanol–water partition coefficient (Wildman–Crippen LogP) is 1.52. The van der Waals surface area contributed by atoms with Crippen LogP contribution < -0.4 is 16.0 Å². The number of urea groups is 1. The molecule has 0 saturated carbocycles. The minimum absolute atomic E-state index is 0.138. The molecule has 0 bridgehead atoms. The van der Waals surface area contributed by atoms with Gasteiger partial charge in [-0.2, -0.15) is 5.10 Å². The van der Waals surface area contributed by atoms with E-state index in [-0.39, 0.29) is 18.0 Å². The van der Waals surface area contributed by atoms with E-state index in [1.807, 2.05) is 39.2 Å². The SMILES string of the molecule is Cc1ccc(C(=O)NCCNC(=O)N[C@H](C)c2cnn(C)c2)cc1. The maximum Gasteiger partial charge on any atom is 0.315 e. The number of carbonyl (C=O) groups is 2. The minimum Gasteiger partial charge on any atom is -0.350 e. The molecule has 3 amide bonds. The highest BCUT2D eigenvalue weighted by molar-refractivity contribution is 5.94. The Labute approximate surface area is 141 Å². The molecule has 1 atom stereocenters. The highest BCUT2D eigenvalue weighted by atomic mass is 16.2. The molecule has 24 heavy (non-hydrogen) atoms. The quantitative estimate of drug-likeness (QED) is 0.702. The van der Waals surface area contributed by atoms with Crippen molar-refractivity contribution in [3.8, 4) is 0 Å². The van der Waals surface area contributed by atoms with Gasteiger partial charge in [0.15, 0.2) is 0 Å². The lowest BCUT2D eigenvalue weighted by molar-refractivity contribution is 0.0954. The summed E-state index contributed by atoms with van der Waals surface area (Å²) in [6, 6.07) is 6.92. The Morgan fingerprint density at radius 1 is 1.17 bits per heavy atom. The molecule has 1 aromatic carbocycles. The van der Waals surface area contributed by atoms with Crippen LogP contribution >= 0.6 is 0 Å². The third-order valence-electron chi connectivity index (χ3n) is 3.58. The van der Waals surface area contributed by atoms with Gasteiger partial charge in [-0.25, -0.2) is 4.79 Å². The van der Waals surface area contributed by atoms with Crippen molar-refractivity contribution in [2.45, 2.75) is 19.9 Å². The molecule has 7 heteroatoms. The van der Waals surface area contributed by atoms with Crippen molar-refractivity contribution in [1.82, 2.24) is 25.7 Å². The molecule has 1 aromatic heterocycles. The summed E-state index contributed by atoms with van der Waals surface area (Å²) in [6.07, 6.45) is 3.57. The van der Waals surface area contributed by atoms with Crippen LogP contribution in [0.25, 0.3) is 0 Å². The van der Waals surface area contributed by atoms with Gasteiger partial charge in [-0.3, -0.25) is 9.48 Å². The fraction of sp³-hybridized carbons (Fsp3) is 0.353. The summed E-state index contributed by atoms with van der Waals surface area (Å²) in [6.45, 7) is 4.57. The highest BCUT2D eigenvalue weighted by Gasteiger charge is 2.10. The van der Waals surface area contributed by atoms with Gasteiger partial charge in [-0.05, 0) is 26.0 Å². The van der Waals surface area contributed by atoms with Crippen molar-refractivity contribution in [3.05, 3.63) is 53.3 Å². The van der Waals surface area contributed by atoms with Crippen LogP contribution in [0.3, 0.4) is 0 Å². The van der Waals surface area contributed by atoms with E-state index in [0.717, 1.165) is 11.1 Å². The van der Waals surface area contributed by atoms with Gasteiger partial charge in [0.1, 0.15) is 0 Å². The van der Waals surface area contributed by atoms with Crippen LogP contribution in [0.1, 0.15) is 34.5 Å². The second kappa shape index (κ2) is 8.14. The molecule has 0 fully saturated rings. The van der Waals surface area contributed by atoms with Gasteiger partial charge in [0.2, 0.25) is 0 Å². The van der Waals surface area contributed by atoms with Crippen LogP contribution in [-0.2, 0) is 7.05 Å². The first-order valence-electron chi connectivity index (χ1n) is 7.83. The summed E-state index contributed by atoms with van der Waals surface area (Å²) in [4.78, 5) is 23.7. The van der Waals surface area contributed by atoms with Crippen LogP contribution in [-0.4, -0.2) is 34.8 Å². The highest BCUT2D eigenvalue weighted by Crippen LogP contribution is 2.09. The minimum atomic E-state index is -0.282. The molecule has 0 saturated heterocycles. The van der Waals surface area contributed by atoms with E-state index in [2.05, 4.69) is 21.0 Å². The summed E-state index contributed by atoms with van der Waals surface area (Å²) in [5, 5.41) is 12.4. The Balaban J connectivity index is 1.67. The maximum absolute atomic E-state index is 11.9. The number of amides is 3. The summed E-state index contributed by atoms with van der Waals surface area (Å²) in [5.74, 6) is -0.152. The van der Waals surface area contributed by atoms with Crippen LogP contribution in [0, 0.1) is 6.92 Å². The molecular formula is C17H23N5O2. The van der Waals surface area contributed by atoms with Crippen molar-refractivity contribution in [2.75, 3.05) is 13.1 Å². The number of hydrogen-bond acceptors (Lipinski definition) is 3. The maximum atomic E-state index is 11.9. The summed E-state index contributed by atoms with van der Waals surface area (Å²) in [7, 11) is 1.83. The van der Waals surface area contributed by atoms with Crippen molar-refractivity contribution >= 4 is 11.9 Å². The molecule has 2 aromatic rings. The first kappa shape index (κ1) is 17.5. The second-order valence-corrected chi connectivity index (χ2v) is 5.69. The smallest absolute Gasteiger partial charge is 0.315 e. The van der Waals surface area contributed by atoms with Gasteiger partial charge in [0.25, 0.3) is 5.91 Å². The van der Waals surface area contributed by atoms with Crippen LogP contribution in [0.5, 0.6) is 0 Å². The van der Waals surface area contributed by atoms with Crippen molar-refractivity contribution in [2.24, 2.45) is 7.05 Å². The number of aryl methyl sites for hydroxylation is 2. The van der Waals surface area contributed by atoms with E-state index in [0.29, 0.717) is 18.7 Å². The Hall–Kier alpha value is -2.83. The lowest BCUT2D eigenvalue weighted by Crippen LogP contribution is -2.41. The Morgan fingerprint density at radius 3 is 2.46 bits per heavy atom. The van der Waals surface area contributed by atoms with E-state index >= 15 is 0 Å². The molecule has 0 aliphatic rings. The third kappa shape index (κ3) is 5.12. The molecule has 128 valence electrons. The zero-order chi connectivity index (χ0) is 17.5. The first-order chi connectivity index (χ1) is 11.5. The van der Waals surface area contributed by atoms with E-state index < -0.39 is 0 Å². The van der Waals surface area contributed by atoms with Crippen LogP contribution in [0.15, 0.2) is 36.7 Å². The normalized spacial score (nSPS) is 11.6. The Morgan fingerprint density at radius 2 is 1.83 bits per heavy atom. The van der Waals surface area contributed by atoms with E-state index in [4.69, 9.17) is 0 Å². The number of nitrogens with one attached hydrogen (secondary N) is 3. The van der Waals surface area contributed by atoms with Gasteiger partial charge in [-0.15, -0.1) is 0 Å². The summed E-state index contributed by atoms with van der Waals surface area (Å²) in [5.41, 5.74) is 2.64. The second-order valence-electron chi connectivity index (χ2n) is 5.69. The van der Waals surface area contributed by atoms with Crippen molar-refractivity contribution in [3.63, 3.8) is 0 Å². The van der Waals surface area contributed by atoms with Crippen molar-refractivity contribution in [1.29, 1.82) is 0 Å².